The lowest BCUT2D eigenvalue weighted by Gasteiger charge is -2.24. The first-order valence-electron chi connectivity index (χ1n) is 7.31. The molecule has 1 atom stereocenters. The van der Waals surface area contributed by atoms with Crippen LogP contribution in [-0.4, -0.2) is 41.9 Å². The molecule has 0 spiro atoms. The van der Waals surface area contributed by atoms with E-state index in [9.17, 15) is 9.59 Å². The first-order chi connectivity index (χ1) is 9.93. The predicted octanol–water partition coefficient (Wildman–Crippen LogP) is 0.930. The van der Waals surface area contributed by atoms with Crippen LogP contribution in [0.5, 0.6) is 0 Å². The van der Waals surface area contributed by atoms with Crippen molar-refractivity contribution in [1.82, 2.24) is 10.2 Å². The maximum Gasteiger partial charge on any atom is 0.240 e. The van der Waals surface area contributed by atoms with Gasteiger partial charge >= 0.3 is 0 Å². The highest BCUT2D eigenvalue weighted by atomic mass is 16.2. The van der Waals surface area contributed by atoms with Gasteiger partial charge in [-0.3, -0.25) is 9.59 Å². The molecule has 0 fully saturated rings. The molecule has 116 valence electrons. The number of hydrogen-bond donors (Lipinski definition) is 2. The van der Waals surface area contributed by atoms with Crippen LogP contribution >= 0.6 is 0 Å². The summed E-state index contributed by atoms with van der Waals surface area (Å²) in [5.74, 6) is -0.354. The molecular formula is C16H25N3O2. The lowest BCUT2D eigenvalue weighted by Crippen LogP contribution is -2.49. The monoisotopic (exact) mass is 291 g/mol. The summed E-state index contributed by atoms with van der Waals surface area (Å²) in [7, 11) is 0. The molecular weight excluding hydrogens is 266 g/mol. The van der Waals surface area contributed by atoms with E-state index in [2.05, 4.69) is 5.32 Å². The van der Waals surface area contributed by atoms with E-state index in [1.54, 1.807) is 0 Å². The number of nitrogens with one attached hydrogen (secondary N) is 1. The number of nitrogens with zero attached hydrogens (tertiary/aromatic N) is 1. The van der Waals surface area contributed by atoms with E-state index in [0.29, 0.717) is 13.0 Å². The molecule has 0 aliphatic heterocycles. The van der Waals surface area contributed by atoms with Crippen molar-refractivity contribution in [3.05, 3.63) is 35.9 Å². The second kappa shape index (κ2) is 8.42. The number of carbonyl (C=O) groups excluding carboxylic acids is 2. The van der Waals surface area contributed by atoms with E-state index in [0.717, 1.165) is 5.56 Å². The van der Waals surface area contributed by atoms with Crippen molar-refractivity contribution < 1.29 is 9.59 Å². The quantitative estimate of drug-likeness (QED) is 0.784. The van der Waals surface area contributed by atoms with Crippen LogP contribution in [0.4, 0.5) is 0 Å². The number of nitrogens with two attached hydrogens (primary N) is 1. The molecule has 0 radical (unpaired) electrons. The molecule has 0 heterocycles. The fourth-order valence-electron chi connectivity index (χ4n) is 2.08. The van der Waals surface area contributed by atoms with Crippen LogP contribution < -0.4 is 11.1 Å². The fraction of sp³-hybridized carbons (Fsp3) is 0.500. The minimum absolute atomic E-state index is 0.0516. The largest absolute Gasteiger partial charge is 0.352 e. The summed E-state index contributed by atoms with van der Waals surface area (Å²) >= 11 is 0. The van der Waals surface area contributed by atoms with E-state index in [1.165, 1.54) is 4.90 Å². The van der Waals surface area contributed by atoms with Gasteiger partial charge in [0, 0.05) is 12.6 Å². The Labute approximate surface area is 126 Å². The van der Waals surface area contributed by atoms with Crippen LogP contribution in [0.25, 0.3) is 0 Å². The lowest BCUT2D eigenvalue weighted by atomic mass is 10.1. The minimum Gasteiger partial charge on any atom is -0.352 e. The van der Waals surface area contributed by atoms with E-state index in [-0.39, 0.29) is 24.4 Å². The van der Waals surface area contributed by atoms with Gasteiger partial charge in [-0.15, -0.1) is 0 Å². The van der Waals surface area contributed by atoms with Crippen LogP contribution in [0.3, 0.4) is 0 Å². The highest BCUT2D eigenvalue weighted by molar-refractivity contribution is 5.87. The van der Waals surface area contributed by atoms with Gasteiger partial charge in [0.2, 0.25) is 11.8 Å². The molecule has 3 N–H and O–H groups in total. The van der Waals surface area contributed by atoms with Crippen LogP contribution in [-0.2, 0) is 16.0 Å². The molecule has 1 rings (SSSR count). The number of benzene rings is 1. The first kappa shape index (κ1) is 17.2. The van der Waals surface area contributed by atoms with Crippen molar-refractivity contribution in [2.75, 3.05) is 13.1 Å². The van der Waals surface area contributed by atoms with Crippen molar-refractivity contribution in [1.29, 1.82) is 0 Å². The van der Waals surface area contributed by atoms with Crippen molar-refractivity contribution in [2.45, 2.75) is 39.3 Å². The third kappa shape index (κ3) is 5.95. The van der Waals surface area contributed by atoms with Gasteiger partial charge in [0.1, 0.15) is 0 Å². The van der Waals surface area contributed by atoms with E-state index in [4.69, 9.17) is 5.73 Å². The zero-order chi connectivity index (χ0) is 15.8. The van der Waals surface area contributed by atoms with E-state index in [1.807, 2.05) is 51.1 Å². The summed E-state index contributed by atoms with van der Waals surface area (Å²) in [5, 5.41) is 2.78. The summed E-state index contributed by atoms with van der Waals surface area (Å²) in [6.45, 7) is 6.13. The fourth-order valence-corrected chi connectivity index (χ4v) is 2.08. The van der Waals surface area contributed by atoms with Crippen LogP contribution in [0.1, 0.15) is 26.3 Å². The molecule has 0 bridgehead atoms. The SMILES string of the molecule is CCN(CC(=O)NC(C)C)C(=O)[C@H](N)Cc1ccccc1. The van der Waals surface area contributed by atoms with E-state index >= 15 is 0 Å². The maximum atomic E-state index is 12.3. The molecule has 21 heavy (non-hydrogen) atoms. The molecule has 1 aromatic carbocycles. The van der Waals surface area contributed by atoms with Gasteiger partial charge in [-0.2, -0.15) is 0 Å². The highest BCUT2D eigenvalue weighted by Gasteiger charge is 2.22. The van der Waals surface area contributed by atoms with Crippen LogP contribution in [0.2, 0.25) is 0 Å². The molecule has 5 nitrogen and oxygen atoms in total. The minimum atomic E-state index is -0.626. The van der Waals surface area contributed by atoms with Crippen molar-refractivity contribution in [3.63, 3.8) is 0 Å². The van der Waals surface area contributed by atoms with Crippen molar-refractivity contribution in [3.8, 4) is 0 Å². The number of carbonyl (C=O) groups is 2. The van der Waals surface area contributed by atoms with Gasteiger partial charge in [-0.1, -0.05) is 30.3 Å². The first-order valence-corrected chi connectivity index (χ1v) is 7.31. The molecule has 5 heteroatoms. The molecule has 1 aromatic rings. The zero-order valence-corrected chi connectivity index (χ0v) is 13.0. The van der Waals surface area contributed by atoms with Gasteiger partial charge < -0.3 is 16.0 Å². The average molecular weight is 291 g/mol. The molecule has 2 amide bonds. The number of amides is 2. The molecule has 0 unspecified atom stereocenters. The second-order valence-corrected chi connectivity index (χ2v) is 5.37. The Kier molecular flexibility index (Phi) is 6.88. The highest BCUT2D eigenvalue weighted by Crippen LogP contribution is 2.04. The Morgan fingerprint density at radius 2 is 1.86 bits per heavy atom. The average Bonchev–Trinajstić information content (AvgIpc) is 2.44. The Balaban J connectivity index is 2.59. The van der Waals surface area contributed by atoms with Crippen LogP contribution in [0, 0.1) is 0 Å². The number of rotatable bonds is 7. The summed E-state index contributed by atoms with van der Waals surface area (Å²) in [6.07, 6.45) is 0.474. The Morgan fingerprint density at radius 1 is 1.24 bits per heavy atom. The Bertz CT molecular complexity index is 460. The van der Waals surface area contributed by atoms with Gasteiger partial charge in [0.15, 0.2) is 0 Å². The molecule has 0 aliphatic rings. The smallest absolute Gasteiger partial charge is 0.240 e. The summed E-state index contributed by atoms with van der Waals surface area (Å²) < 4.78 is 0. The van der Waals surface area contributed by atoms with Crippen LogP contribution in [0.15, 0.2) is 30.3 Å². The number of likely N-dealkylation sites (N-methyl/N-ethyl adjacent to an activating group) is 1. The van der Waals surface area contributed by atoms with E-state index < -0.39 is 6.04 Å². The number of hydrogen-bond acceptors (Lipinski definition) is 3. The summed E-state index contributed by atoms with van der Waals surface area (Å²) in [6, 6.07) is 9.07. The lowest BCUT2D eigenvalue weighted by molar-refractivity contribution is -0.137. The third-order valence-electron chi connectivity index (χ3n) is 3.09. The zero-order valence-electron chi connectivity index (χ0n) is 13.0. The van der Waals surface area contributed by atoms with Crippen molar-refractivity contribution in [2.24, 2.45) is 5.73 Å². The molecule has 0 aliphatic carbocycles. The molecule has 0 saturated carbocycles. The summed E-state index contributed by atoms with van der Waals surface area (Å²) in [4.78, 5) is 25.6. The van der Waals surface area contributed by atoms with Gasteiger partial charge in [-0.05, 0) is 32.8 Å². The third-order valence-corrected chi connectivity index (χ3v) is 3.09. The standard InChI is InChI=1S/C16H25N3O2/c1-4-19(11-15(20)18-12(2)3)16(21)14(17)10-13-8-6-5-7-9-13/h5-9,12,14H,4,10-11,17H2,1-3H3,(H,18,20)/t14-/m1/s1. The van der Waals surface area contributed by atoms with Gasteiger partial charge in [0.05, 0.1) is 12.6 Å². The van der Waals surface area contributed by atoms with Gasteiger partial charge in [0.25, 0.3) is 0 Å². The molecule has 0 aromatic heterocycles. The predicted molar refractivity (Wildman–Crippen MR) is 83.7 cm³/mol. The normalized spacial score (nSPS) is 12.0. The maximum absolute atomic E-state index is 12.3. The second-order valence-electron chi connectivity index (χ2n) is 5.37. The summed E-state index contributed by atoms with van der Waals surface area (Å²) in [5.41, 5.74) is 6.99. The van der Waals surface area contributed by atoms with Gasteiger partial charge in [-0.25, -0.2) is 0 Å². The van der Waals surface area contributed by atoms with Crippen molar-refractivity contribution >= 4 is 11.8 Å². The molecule has 0 saturated heterocycles. The topological polar surface area (TPSA) is 75.4 Å². The Morgan fingerprint density at radius 3 is 2.38 bits per heavy atom. The Hall–Kier alpha value is -1.88.